The summed E-state index contributed by atoms with van der Waals surface area (Å²) in [5.41, 5.74) is -0.153. The van der Waals surface area contributed by atoms with Gasteiger partial charge in [-0.25, -0.2) is 0 Å². The molecule has 34 valence electrons. The van der Waals surface area contributed by atoms with Gasteiger partial charge < -0.3 is 0 Å². The SMILES string of the molecule is CC(C)(C)C#N. The second kappa shape index (κ2) is 1.30. The van der Waals surface area contributed by atoms with Crippen molar-refractivity contribution in [2.45, 2.75) is 20.8 Å². The van der Waals surface area contributed by atoms with Gasteiger partial charge in [-0.2, -0.15) is 5.26 Å². The minimum Gasteiger partial charge on any atom is -0.198 e. The van der Waals surface area contributed by atoms with E-state index in [1.807, 2.05) is 20.8 Å². The Morgan fingerprint density at radius 1 is 1.33 bits per heavy atom. The van der Waals surface area contributed by atoms with Crippen molar-refractivity contribution in [1.29, 1.82) is 5.26 Å². The summed E-state index contributed by atoms with van der Waals surface area (Å²) in [6.45, 7) is 5.65. The normalized spacial score (nSPS) is 10.3. The summed E-state index contributed by atoms with van der Waals surface area (Å²) in [6.07, 6.45) is 0. The second-order valence-electron chi connectivity index (χ2n) is 2.36. The van der Waals surface area contributed by atoms with E-state index in [0.29, 0.717) is 0 Å². The van der Waals surface area contributed by atoms with Gasteiger partial charge in [0.15, 0.2) is 0 Å². The standard InChI is InChI=1S/C5H9N/c1-5(2,3)4-6/h1-3H3. The lowest BCUT2D eigenvalue weighted by molar-refractivity contribution is 0.561. The van der Waals surface area contributed by atoms with Crippen LogP contribution in [-0.2, 0) is 0 Å². The van der Waals surface area contributed by atoms with Gasteiger partial charge in [-0.05, 0) is 20.8 Å². The largest absolute Gasteiger partial charge is 0.198 e. The van der Waals surface area contributed by atoms with Gasteiger partial charge >= 0.3 is 0 Å². The van der Waals surface area contributed by atoms with Crippen molar-refractivity contribution < 1.29 is 0 Å². The third kappa shape index (κ3) is 3.49. The fourth-order valence-corrected chi connectivity index (χ4v) is 0. The zero-order chi connectivity index (χ0) is 5.21. The van der Waals surface area contributed by atoms with Crippen LogP contribution in [0.1, 0.15) is 20.8 Å². The van der Waals surface area contributed by atoms with Gasteiger partial charge in [-0.15, -0.1) is 0 Å². The molecule has 0 aliphatic heterocycles. The Morgan fingerprint density at radius 3 is 1.50 bits per heavy atom. The van der Waals surface area contributed by atoms with Crippen LogP contribution >= 0.6 is 0 Å². The Hall–Kier alpha value is -0.510. The van der Waals surface area contributed by atoms with Crippen molar-refractivity contribution in [1.82, 2.24) is 0 Å². The Bertz CT molecular complexity index is 70.9. The van der Waals surface area contributed by atoms with Crippen LogP contribution in [0.5, 0.6) is 0 Å². The molecule has 0 heterocycles. The van der Waals surface area contributed by atoms with Crippen LogP contribution < -0.4 is 0 Å². The van der Waals surface area contributed by atoms with Crippen LogP contribution in [0.2, 0.25) is 0 Å². The number of nitriles is 1. The topological polar surface area (TPSA) is 23.8 Å². The van der Waals surface area contributed by atoms with Crippen LogP contribution in [0.3, 0.4) is 0 Å². The summed E-state index contributed by atoms with van der Waals surface area (Å²) in [5, 5.41) is 8.15. The molecule has 0 unspecified atom stereocenters. The molecule has 0 fully saturated rings. The summed E-state index contributed by atoms with van der Waals surface area (Å²) in [4.78, 5) is 0. The molecule has 0 aliphatic rings. The van der Waals surface area contributed by atoms with Crippen molar-refractivity contribution in [3.8, 4) is 6.07 Å². The van der Waals surface area contributed by atoms with Gasteiger partial charge in [0.25, 0.3) is 0 Å². The average molecular weight is 83.1 g/mol. The fourth-order valence-electron chi connectivity index (χ4n) is 0. The van der Waals surface area contributed by atoms with E-state index in [4.69, 9.17) is 5.26 Å². The zero-order valence-electron chi connectivity index (χ0n) is 4.45. The molecule has 1 heteroatoms. The van der Waals surface area contributed by atoms with E-state index >= 15 is 0 Å². The van der Waals surface area contributed by atoms with E-state index in [0.717, 1.165) is 0 Å². The van der Waals surface area contributed by atoms with Crippen molar-refractivity contribution in [3.05, 3.63) is 0 Å². The van der Waals surface area contributed by atoms with Crippen LogP contribution in [0.25, 0.3) is 0 Å². The zero-order valence-corrected chi connectivity index (χ0v) is 4.45. The maximum atomic E-state index is 8.15. The predicted molar refractivity (Wildman–Crippen MR) is 25.1 cm³/mol. The molecule has 0 radical (unpaired) electrons. The highest BCUT2D eigenvalue weighted by atomic mass is 14.3. The second-order valence-corrected chi connectivity index (χ2v) is 2.36. The molecular formula is C5H9N. The maximum Gasteiger partial charge on any atom is 0.0680 e. The molecule has 0 atom stereocenters. The first-order valence-corrected chi connectivity index (χ1v) is 1.97. The number of nitrogens with zero attached hydrogens (tertiary/aromatic N) is 1. The lowest BCUT2D eigenvalue weighted by Gasteiger charge is -2.01. The Morgan fingerprint density at radius 2 is 1.50 bits per heavy atom. The summed E-state index contributed by atoms with van der Waals surface area (Å²) >= 11 is 0. The Kier molecular flexibility index (Phi) is 1.19. The van der Waals surface area contributed by atoms with Gasteiger partial charge in [0.2, 0.25) is 0 Å². The van der Waals surface area contributed by atoms with E-state index in [1.165, 1.54) is 0 Å². The van der Waals surface area contributed by atoms with E-state index < -0.39 is 0 Å². The molecule has 0 aromatic rings. The van der Waals surface area contributed by atoms with E-state index in [-0.39, 0.29) is 5.41 Å². The van der Waals surface area contributed by atoms with Gasteiger partial charge in [0.05, 0.1) is 6.07 Å². The third-order valence-corrected chi connectivity index (χ3v) is 0.335. The minimum atomic E-state index is -0.153. The summed E-state index contributed by atoms with van der Waals surface area (Å²) in [5.74, 6) is 0. The molecule has 0 aromatic heterocycles. The van der Waals surface area contributed by atoms with E-state index in [1.54, 1.807) is 0 Å². The summed E-state index contributed by atoms with van der Waals surface area (Å²) in [7, 11) is 0. The molecule has 0 saturated carbocycles. The maximum absolute atomic E-state index is 8.15. The average Bonchev–Trinajstić information content (AvgIpc) is 1.35. The first kappa shape index (κ1) is 5.49. The Balaban J connectivity index is 3.55. The molecule has 0 aliphatic carbocycles. The number of rotatable bonds is 0. The van der Waals surface area contributed by atoms with E-state index in [2.05, 4.69) is 6.07 Å². The smallest absolute Gasteiger partial charge is 0.0680 e. The molecule has 1 nitrogen and oxygen atoms in total. The summed E-state index contributed by atoms with van der Waals surface area (Å²) in [6, 6.07) is 2.10. The molecule has 0 amide bonds. The van der Waals surface area contributed by atoms with Crippen LogP contribution in [0, 0.1) is 16.7 Å². The van der Waals surface area contributed by atoms with Crippen molar-refractivity contribution >= 4 is 0 Å². The molecule has 0 rings (SSSR count). The highest BCUT2D eigenvalue weighted by Crippen LogP contribution is 2.08. The lowest BCUT2D eigenvalue weighted by atomic mass is 10.0. The van der Waals surface area contributed by atoms with Crippen LogP contribution in [0.4, 0.5) is 0 Å². The van der Waals surface area contributed by atoms with Gasteiger partial charge in [0, 0.05) is 5.41 Å². The number of hydrogen-bond acceptors (Lipinski definition) is 1. The van der Waals surface area contributed by atoms with E-state index in [9.17, 15) is 0 Å². The third-order valence-electron chi connectivity index (χ3n) is 0.335. The van der Waals surface area contributed by atoms with Gasteiger partial charge in [-0.1, -0.05) is 0 Å². The molecule has 0 bridgehead atoms. The first-order chi connectivity index (χ1) is 2.56. The van der Waals surface area contributed by atoms with Crippen molar-refractivity contribution in [3.63, 3.8) is 0 Å². The molecule has 0 spiro atoms. The molecule has 6 heavy (non-hydrogen) atoms. The Labute approximate surface area is 38.6 Å². The predicted octanol–water partition coefficient (Wildman–Crippen LogP) is 1.56. The molecular weight excluding hydrogens is 74.1 g/mol. The quantitative estimate of drug-likeness (QED) is 0.436. The van der Waals surface area contributed by atoms with Crippen LogP contribution in [0.15, 0.2) is 0 Å². The highest BCUT2D eigenvalue weighted by molar-refractivity contribution is 4.86. The minimum absolute atomic E-state index is 0.153. The van der Waals surface area contributed by atoms with Crippen LogP contribution in [-0.4, -0.2) is 0 Å². The highest BCUT2D eigenvalue weighted by Gasteiger charge is 2.04. The lowest BCUT2D eigenvalue weighted by Crippen LogP contribution is -1.97. The molecule has 0 aromatic carbocycles. The monoisotopic (exact) mass is 83.1 g/mol. The van der Waals surface area contributed by atoms with Gasteiger partial charge in [-0.3, -0.25) is 0 Å². The first-order valence-electron chi connectivity index (χ1n) is 1.97. The molecule has 0 saturated heterocycles. The number of hydrogen-bond donors (Lipinski definition) is 0. The molecule has 0 N–H and O–H groups in total. The van der Waals surface area contributed by atoms with Gasteiger partial charge in [0.1, 0.15) is 0 Å². The van der Waals surface area contributed by atoms with Crippen molar-refractivity contribution in [2.24, 2.45) is 5.41 Å². The fraction of sp³-hybridized carbons (Fsp3) is 0.800. The van der Waals surface area contributed by atoms with Crippen molar-refractivity contribution in [2.75, 3.05) is 0 Å². The summed E-state index contributed by atoms with van der Waals surface area (Å²) < 4.78 is 0.